The van der Waals surface area contributed by atoms with Crippen LogP contribution in [-0.4, -0.2) is 28.8 Å². The lowest BCUT2D eigenvalue weighted by molar-refractivity contribution is -0.153. The zero-order valence-electron chi connectivity index (χ0n) is 13.3. The van der Waals surface area contributed by atoms with Gasteiger partial charge in [0.1, 0.15) is 23.6 Å². The molecule has 5 nitrogen and oxygen atoms in total. The fourth-order valence-electron chi connectivity index (χ4n) is 2.79. The minimum absolute atomic E-state index is 0.0302. The number of aryl methyl sites for hydroxylation is 1. The van der Waals surface area contributed by atoms with E-state index in [2.05, 4.69) is 5.32 Å². The van der Waals surface area contributed by atoms with Gasteiger partial charge in [0, 0.05) is 0 Å². The summed E-state index contributed by atoms with van der Waals surface area (Å²) < 4.78 is 5.57. The average molecular weight is 292 g/mol. The second-order valence-electron chi connectivity index (χ2n) is 6.40. The maximum Gasteiger partial charge on any atom is 0.246 e. The Balaban J connectivity index is 2.29. The van der Waals surface area contributed by atoms with E-state index in [9.17, 15) is 9.59 Å². The van der Waals surface area contributed by atoms with Crippen LogP contribution in [0.4, 0.5) is 0 Å². The first-order valence-electron chi connectivity index (χ1n) is 7.47. The summed E-state index contributed by atoms with van der Waals surface area (Å²) in [4.78, 5) is 26.7. The Morgan fingerprint density at radius 2 is 1.86 bits per heavy atom. The van der Waals surface area contributed by atoms with Gasteiger partial charge in [-0.3, -0.25) is 9.59 Å². The van der Waals surface area contributed by atoms with E-state index in [0.29, 0.717) is 12.3 Å². The molecule has 0 aromatic carbocycles. The molecule has 1 saturated heterocycles. The van der Waals surface area contributed by atoms with Crippen LogP contribution in [0.25, 0.3) is 0 Å². The highest BCUT2D eigenvalue weighted by Crippen LogP contribution is 2.23. The summed E-state index contributed by atoms with van der Waals surface area (Å²) in [6.07, 6.45) is 0. The molecule has 0 spiro atoms. The van der Waals surface area contributed by atoms with Crippen molar-refractivity contribution in [1.29, 1.82) is 0 Å². The van der Waals surface area contributed by atoms with Crippen LogP contribution in [0.15, 0.2) is 16.5 Å². The van der Waals surface area contributed by atoms with E-state index in [4.69, 9.17) is 4.42 Å². The van der Waals surface area contributed by atoms with Gasteiger partial charge in [-0.25, -0.2) is 0 Å². The molecule has 2 heterocycles. The summed E-state index contributed by atoms with van der Waals surface area (Å²) in [5.74, 6) is 1.53. The van der Waals surface area contributed by atoms with E-state index in [-0.39, 0.29) is 23.7 Å². The van der Waals surface area contributed by atoms with Crippen LogP contribution in [0.2, 0.25) is 0 Å². The standard InChI is InChI=1S/C16H24N2O3/c1-9(2)13-16(20)18(8-12-7-6-11(5)21-12)14(10(3)4)15(19)17-13/h6-7,9-10,13-14H,8H2,1-5H3,(H,17,19). The number of rotatable bonds is 4. The van der Waals surface area contributed by atoms with Crippen molar-refractivity contribution in [2.75, 3.05) is 0 Å². The molecule has 1 aliphatic heterocycles. The van der Waals surface area contributed by atoms with E-state index in [0.717, 1.165) is 5.76 Å². The number of amides is 2. The Hall–Kier alpha value is -1.78. The van der Waals surface area contributed by atoms with E-state index >= 15 is 0 Å². The molecule has 0 bridgehead atoms. The van der Waals surface area contributed by atoms with Crippen molar-refractivity contribution < 1.29 is 14.0 Å². The van der Waals surface area contributed by atoms with Gasteiger partial charge in [-0.2, -0.15) is 0 Å². The first-order valence-corrected chi connectivity index (χ1v) is 7.47. The highest BCUT2D eigenvalue weighted by atomic mass is 16.3. The molecule has 2 atom stereocenters. The summed E-state index contributed by atoms with van der Waals surface area (Å²) in [5, 5.41) is 2.86. The third-order valence-electron chi connectivity index (χ3n) is 3.87. The summed E-state index contributed by atoms with van der Waals surface area (Å²) in [6, 6.07) is 2.83. The largest absolute Gasteiger partial charge is 0.464 e. The van der Waals surface area contributed by atoms with Crippen LogP contribution in [0.3, 0.4) is 0 Å². The minimum Gasteiger partial charge on any atom is -0.464 e. The maximum absolute atomic E-state index is 12.7. The fraction of sp³-hybridized carbons (Fsp3) is 0.625. The number of nitrogens with one attached hydrogen (secondary N) is 1. The first-order chi connectivity index (χ1) is 9.81. The highest BCUT2D eigenvalue weighted by molar-refractivity contribution is 5.97. The first kappa shape index (κ1) is 15.6. The number of nitrogens with zero attached hydrogens (tertiary/aromatic N) is 1. The Bertz CT molecular complexity index is 533. The lowest BCUT2D eigenvalue weighted by Crippen LogP contribution is -2.65. The van der Waals surface area contributed by atoms with E-state index in [1.54, 1.807) is 4.90 Å². The van der Waals surface area contributed by atoms with Gasteiger partial charge in [-0.1, -0.05) is 27.7 Å². The van der Waals surface area contributed by atoms with Crippen molar-refractivity contribution in [3.63, 3.8) is 0 Å². The van der Waals surface area contributed by atoms with Crippen LogP contribution in [0, 0.1) is 18.8 Å². The summed E-state index contributed by atoms with van der Waals surface area (Å²) >= 11 is 0. The minimum atomic E-state index is -0.455. The molecule has 0 radical (unpaired) electrons. The normalized spacial score (nSPS) is 23.1. The third-order valence-corrected chi connectivity index (χ3v) is 3.87. The molecule has 116 valence electrons. The van der Waals surface area contributed by atoms with Gasteiger partial charge >= 0.3 is 0 Å². The molecule has 0 saturated carbocycles. The van der Waals surface area contributed by atoms with Gasteiger partial charge in [-0.05, 0) is 30.9 Å². The van der Waals surface area contributed by atoms with Gasteiger partial charge in [0.25, 0.3) is 0 Å². The smallest absolute Gasteiger partial charge is 0.246 e. The molecule has 1 N–H and O–H groups in total. The molecule has 2 amide bonds. The molecule has 1 aromatic rings. The van der Waals surface area contributed by atoms with E-state index in [1.165, 1.54) is 0 Å². The Labute approximate surface area is 125 Å². The Morgan fingerprint density at radius 1 is 1.19 bits per heavy atom. The topological polar surface area (TPSA) is 62.6 Å². The molecule has 2 rings (SSSR count). The molecule has 1 fully saturated rings. The summed E-state index contributed by atoms with van der Waals surface area (Å²) in [7, 11) is 0. The molecule has 21 heavy (non-hydrogen) atoms. The number of hydrogen-bond donors (Lipinski definition) is 1. The number of carbonyl (C=O) groups is 2. The van der Waals surface area contributed by atoms with Gasteiger partial charge < -0.3 is 14.6 Å². The Morgan fingerprint density at radius 3 is 2.33 bits per heavy atom. The summed E-state index contributed by atoms with van der Waals surface area (Å²) in [6.45, 7) is 9.99. The van der Waals surface area contributed by atoms with Crippen molar-refractivity contribution in [2.45, 2.75) is 53.2 Å². The van der Waals surface area contributed by atoms with Crippen LogP contribution in [0.5, 0.6) is 0 Å². The van der Waals surface area contributed by atoms with Crippen LogP contribution in [0.1, 0.15) is 39.2 Å². The van der Waals surface area contributed by atoms with E-state index < -0.39 is 12.1 Å². The van der Waals surface area contributed by atoms with E-state index in [1.807, 2.05) is 46.8 Å². The second-order valence-corrected chi connectivity index (χ2v) is 6.40. The van der Waals surface area contributed by atoms with Gasteiger partial charge in [0.05, 0.1) is 6.54 Å². The number of hydrogen-bond acceptors (Lipinski definition) is 3. The number of furan rings is 1. The molecular weight excluding hydrogens is 268 g/mol. The van der Waals surface area contributed by atoms with Gasteiger partial charge in [0.15, 0.2) is 0 Å². The monoisotopic (exact) mass is 292 g/mol. The number of carbonyl (C=O) groups excluding carboxylic acids is 2. The predicted octanol–water partition coefficient (Wildman–Crippen LogP) is 2.10. The average Bonchev–Trinajstić information content (AvgIpc) is 2.78. The Kier molecular flexibility index (Phi) is 4.40. The van der Waals surface area contributed by atoms with Gasteiger partial charge in [-0.15, -0.1) is 0 Å². The maximum atomic E-state index is 12.7. The van der Waals surface area contributed by atoms with Crippen molar-refractivity contribution in [3.8, 4) is 0 Å². The molecule has 1 aromatic heterocycles. The van der Waals surface area contributed by atoms with Crippen molar-refractivity contribution in [3.05, 3.63) is 23.7 Å². The summed E-state index contributed by atoms with van der Waals surface area (Å²) in [5.41, 5.74) is 0. The molecule has 2 unspecified atom stereocenters. The number of piperazine rings is 1. The molecular formula is C16H24N2O3. The van der Waals surface area contributed by atoms with Crippen LogP contribution in [-0.2, 0) is 16.1 Å². The lowest BCUT2D eigenvalue weighted by Gasteiger charge is -2.41. The highest BCUT2D eigenvalue weighted by Gasteiger charge is 2.43. The quantitative estimate of drug-likeness (QED) is 0.924. The van der Waals surface area contributed by atoms with Crippen molar-refractivity contribution >= 4 is 11.8 Å². The fourth-order valence-corrected chi connectivity index (χ4v) is 2.79. The van der Waals surface area contributed by atoms with Crippen molar-refractivity contribution in [2.24, 2.45) is 11.8 Å². The van der Waals surface area contributed by atoms with Crippen LogP contribution >= 0.6 is 0 Å². The SMILES string of the molecule is Cc1ccc(CN2C(=O)C(C(C)C)NC(=O)C2C(C)C)o1. The van der Waals surface area contributed by atoms with Gasteiger partial charge in [0.2, 0.25) is 11.8 Å². The zero-order valence-corrected chi connectivity index (χ0v) is 13.3. The molecule has 5 heteroatoms. The van der Waals surface area contributed by atoms with Crippen LogP contribution < -0.4 is 5.32 Å². The predicted molar refractivity (Wildman–Crippen MR) is 79.4 cm³/mol. The third kappa shape index (κ3) is 3.12. The lowest BCUT2D eigenvalue weighted by atomic mass is 9.93. The second kappa shape index (κ2) is 5.92. The zero-order chi connectivity index (χ0) is 15.7. The molecule has 0 aliphatic carbocycles. The molecule has 1 aliphatic rings. The van der Waals surface area contributed by atoms with Crippen molar-refractivity contribution in [1.82, 2.24) is 10.2 Å².